The Morgan fingerprint density at radius 1 is 1.30 bits per heavy atom. The van der Waals surface area contributed by atoms with Crippen LogP contribution in [0.25, 0.3) is 0 Å². The molecule has 0 bridgehead atoms. The average molecular weight is 327 g/mol. The molecule has 8 heteroatoms. The SMILES string of the molecule is CCCCCCNc1ccn(C2O[C@H](CO)[C@@H](O)[C@H]2O)c(=O)n1. The Labute approximate surface area is 134 Å². The highest BCUT2D eigenvalue weighted by molar-refractivity contribution is 5.31. The van der Waals surface area contributed by atoms with Crippen LogP contribution in [-0.4, -0.2) is 56.3 Å². The number of aromatic nitrogens is 2. The molecule has 2 heterocycles. The molecule has 0 saturated carbocycles. The Hall–Kier alpha value is -1.48. The second kappa shape index (κ2) is 8.39. The van der Waals surface area contributed by atoms with E-state index in [9.17, 15) is 15.0 Å². The highest BCUT2D eigenvalue weighted by atomic mass is 16.6. The second-order valence-corrected chi connectivity index (χ2v) is 5.72. The first-order valence-corrected chi connectivity index (χ1v) is 8.04. The summed E-state index contributed by atoms with van der Waals surface area (Å²) in [6.45, 7) is 2.45. The van der Waals surface area contributed by atoms with Crippen LogP contribution in [0.4, 0.5) is 5.82 Å². The van der Waals surface area contributed by atoms with E-state index in [0.29, 0.717) is 5.82 Å². The lowest BCUT2D eigenvalue weighted by atomic mass is 10.1. The molecule has 0 amide bonds. The van der Waals surface area contributed by atoms with Crippen molar-refractivity contribution in [1.29, 1.82) is 0 Å². The van der Waals surface area contributed by atoms with Crippen molar-refractivity contribution in [2.75, 3.05) is 18.5 Å². The standard InChI is InChI=1S/C15H25N3O5/c1-2-3-4-5-7-16-11-6-8-18(15(22)17-11)14-13(21)12(20)10(9-19)23-14/h6,8,10,12-14,19-21H,2-5,7,9H2,1H3,(H,16,17,22)/t10-,12-,13-,14?/m1/s1. The van der Waals surface area contributed by atoms with Gasteiger partial charge in [-0.3, -0.25) is 4.57 Å². The molecule has 0 aromatic carbocycles. The normalized spacial score (nSPS) is 27.3. The van der Waals surface area contributed by atoms with E-state index in [-0.39, 0.29) is 0 Å². The van der Waals surface area contributed by atoms with Crippen molar-refractivity contribution in [3.8, 4) is 0 Å². The Morgan fingerprint density at radius 2 is 2.09 bits per heavy atom. The Bertz CT molecular complexity index is 550. The zero-order chi connectivity index (χ0) is 16.8. The lowest BCUT2D eigenvalue weighted by Crippen LogP contribution is -2.36. The summed E-state index contributed by atoms with van der Waals surface area (Å²) in [4.78, 5) is 16.0. The number of ether oxygens (including phenoxy) is 1. The molecule has 1 unspecified atom stereocenters. The maximum atomic E-state index is 12.1. The summed E-state index contributed by atoms with van der Waals surface area (Å²) in [5.74, 6) is 0.467. The number of hydrogen-bond acceptors (Lipinski definition) is 7. The van der Waals surface area contributed by atoms with Gasteiger partial charge in [-0.2, -0.15) is 4.98 Å². The van der Waals surface area contributed by atoms with Gasteiger partial charge in [0.1, 0.15) is 24.1 Å². The summed E-state index contributed by atoms with van der Waals surface area (Å²) in [6, 6.07) is 1.62. The smallest absolute Gasteiger partial charge is 0.351 e. The maximum Gasteiger partial charge on any atom is 0.351 e. The van der Waals surface area contributed by atoms with Crippen molar-refractivity contribution in [3.05, 3.63) is 22.7 Å². The van der Waals surface area contributed by atoms with Gasteiger partial charge in [0.05, 0.1) is 6.61 Å². The number of aliphatic hydroxyl groups is 3. The number of aliphatic hydroxyl groups excluding tert-OH is 3. The van der Waals surface area contributed by atoms with E-state index in [1.165, 1.54) is 19.0 Å². The van der Waals surface area contributed by atoms with Gasteiger partial charge in [0, 0.05) is 12.7 Å². The lowest BCUT2D eigenvalue weighted by molar-refractivity contribution is -0.0549. The molecule has 1 saturated heterocycles. The predicted octanol–water partition coefficient (Wildman–Crippen LogP) is -0.153. The molecular weight excluding hydrogens is 302 g/mol. The molecule has 2 rings (SSSR count). The molecule has 1 aliphatic heterocycles. The number of rotatable bonds is 8. The minimum Gasteiger partial charge on any atom is -0.394 e. The summed E-state index contributed by atoms with van der Waals surface area (Å²) >= 11 is 0. The van der Waals surface area contributed by atoms with Crippen LogP contribution in [0, 0.1) is 0 Å². The van der Waals surface area contributed by atoms with Crippen molar-refractivity contribution in [1.82, 2.24) is 9.55 Å². The molecule has 23 heavy (non-hydrogen) atoms. The fourth-order valence-corrected chi connectivity index (χ4v) is 2.58. The number of nitrogens with zero attached hydrogens (tertiary/aromatic N) is 2. The van der Waals surface area contributed by atoms with E-state index < -0.39 is 36.8 Å². The van der Waals surface area contributed by atoms with Gasteiger partial charge in [-0.1, -0.05) is 26.2 Å². The molecule has 1 aromatic heterocycles. The van der Waals surface area contributed by atoms with Gasteiger partial charge < -0.3 is 25.4 Å². The minimum atomic E-state index is -1.29. The van der Waals surface area contributed by atoms with Crippen LogP contribution in [0.3, 0.4) is 0 Å². The largest absolute Gasteiger partial charge is 0.394 e. The quantitative estimate of drug-likeness (QED) is 0.490. The first kappa shape index (κ1) is 17.9. The topological polar surface area (TPSA) is 117 Å². The molecule has 130 valence electrons. The summed E-state index contributed by atoms with van der Waals surface area (Å²) < 4.78 is 6.44. The number of hydrogen-bond donors (Lipinski definition) is 4. The fourth-order valence-electron chi connectivity index (χ4n) is 2.58. The van der Waals surface area contributed by atoms with Crippen molar-refractivity contribution in [3.63, 3.8) is 0 Å². The van der Waals surface area contributed by atoms with Crippen LogP contribution < -0.4 is 11.0 Å². The monoisotopic (exact) mass is 327 g/mol. The van der Waals surface area contributed by atoms with Crippen LogP contribution in [0.2, 0.25) is 0 Å². The number of unbranched alkanes of at least 4 members (excludes halogenated alkanes) is 3. The van der Waals surface area contributed by atoms with Crippen molar-refractivity contribution in [2.24, 2.45) is 0 Å². The third-order valence-electron chi connectivity index (χ3n) is 3.96. The molecule has 8 nitrogen and oxygen atoms in total. The third kappa shape index (κ3) is 4.29. The van der Waals surface area contributed by atoms with Crippen molar-refractivity contribution in [2.45, 2.75) is 57.1 Å². The molecule has 1 aliphatic rings. The summed E-state index contributed by atoms with van der Waals surface area (Å²) in [5.41, 5.74) is -0.585. The number of anilines is 1. The van der Waals surface area contributed by atoms with E-state index in [2.05, 4.69) is 17.2 Å². The fraction of sp³-hybridized carbons (Fsp3) is 0.733. The number of nitrogens with one attached hydrogen (secondary N) is 1. The summed E-state index contributed by atoms with van der Waals surface area (Å²) in [7, 11) is 0. The van der Waals surface area contributed by atoms with E-state index in [1.807, 2.05) is 0 Å². The van der Waals surface area contributed by atoms with Crippen LogP contribution >= 0.6 is 0 Å². The molecule has 0 spiro atoms. The molecule has 4 N–H and O–H groups in total. The van der Waals surface area contributed by atoms with Gasteiger partial charge in [-0.15, -0.1) is 0 Å². The lowest BCUT2D eigenvalue weighted by Gasteiger charge is -2.17. The molecule has 0 radical (unpaired) electrons. The van der Waals surface area contributed by atoms with Gasteiger partial charge in [-0.05, 0) is 12.5 Å². The summed E-state index contributed by atoms with van der Waals surface area (Å²) in [6.07, 6.45) is 1.44. The molecule has 1 aromatic rings. The highest BCUT2D eigenvalue weighted by Gasteiger charge is 2.43. The Morgan fingerprint density at radius 3 is 2.70 bits per heavy atom. The first-order chi connectivity index (χ1) is 11.1. The Kier molecular flexibility index (Phi) is 6.52. The van der Waals surface area contributed by atoms with Crippen molar-refractivity contribution < 1.29 is 20.1 Å². The van der Waals surface area contributed by atoms with Crippen LogP contribution in [-0.2, 0) is 4.74 Å². The molecule has 4 atom stereocenters. The third-order valence-corrected chi connectivity index (χ3v) is 3.96. The molecular formula is C15H25N3O5. The molecule has 1 fully saturated rings. The highest BCUT2D eigenvalue weighted by Crippen LogP contribution is 2.28. The van der Waals surface area contributed by atoms with E-state index in [0.717, 1.165) is 24.0 Å². The van der Waals surface area contributed by atoms with E-state index >= 15 is 0 Å². The van der Waals surface area contributed by atoms with Gasteiger partial charge in [0.25, 0.3) is 0 Å². The average Bonchev–Trinajstić information content (AvgIpc) is 2.83. The predicted molar refractivity (Wildman–Crippen MR) is 84.1 cm³/mol. The van der Waals surface area contributed by atoms with Gasteiger partial charge >= 0.3 is 5.69 Å². The van der Waals surface area contributed by atoms with Gasteiger partial charge in [0.15, 0.2) is 6.23 Å². The van der Waals surface area contributed by atoms with Crippen LogP contribution in [0.5, 0.6) is 0 Å². The zero-order valence-electron chi connectivity index (χ0n) is 13.3. The summed E-state index contributed by atoms with van der Waals surface area (Å²) in [5, 5.41) is 31.8. The first-order valence-electron chi connectivity index (χ1n) is 8.04. The van der Waals surface area contributed by atoms with Crippen LogP contribution in [0.15, 0.2) is 17.1 Å². The Balaban J connectivity index is 1.98. The van der Waals surface area contributed by atoms with E-state index in [1.54, 1.807) is 6.07 Å². The maximum absolute atomic E-state index is 12.1. The second-order valence-electron chi connectivity index (χ2n) is 5.72. The van der Waals surface area contributed by atoms with E-state index in [4.69, 9.17) is 9.84 Å². The van der Waals surface area contributed by atoms with Crippen LogP contribution in [0.1, 0.15) is 38.8 Å². The molecule has 0 aliphatic carbocycles. The minimum absolute atomic E-state index is 0.436. The van der Waals surface area contributed by atoms with Gasteiger partial charge in [-0.25, -0.2) is 4.79 Å². The van der Waals surface area contributed by atoms with Gasteiger partial charge in [0.2, 0.25) is 0 Å². The zero-order valence-corrected chi connectivity index (χ0v) is 13.3. The van der Waals surface area contributed by atoms with Crippen molar-refractivity contribution >= 4 is 5.82 Å².